The topological polar surface area (TPSA) is 17.1 Å². The highest BCUT2D eigenvalue weighted by Crippen LogP contribution is 2.21. The van der Waals surface area contributed by atoms with Gasteiger partial charge in [0.05, 0.1) is 5.02 Å². The highest BCUT2D eigenvalue weighted by molar-refractivity contribution is 6.35. The summed E-state index contributed by atoms with van der Waals surface area (Å²) in [6.07, 6.45) is 2.06. The quantitative estimate of drug-likeness (QED) is 0.737. The molecule has 0 radical (unpaired) electrons. The van der Waals surface area contributed by atoms with Crippen molar-refractivity contribution in [3.05, 3.63) is 70.2 Å². The second kappa shape index (κ2) is 5.83. The third-order valence-corrected chi connectivity index (χ3v) is 3.17. The first-order chi connectivity index (χ1) is 8.72. The summed E-state index contributed by atoms with van der Waals surface area (Å²) >= 11 is 6.19. The van der Waals surface area contributed by atoms with Crippen LogP contribution >= 0.6 is 11.6 Å². The van der Waals surface area contributed by atoms with Crippen LogP contribution in [-0.4, -0.2) is 5.78 Å². The Labute approximate surface area is 112 Å². The van der Waals surface area contributed by atoms with Crippen LogP contribution < -0.4 is 0 Å². The molecule has 0 saturated heterocycles. The van der Waals surface area contributed by atoms with Crippen LogP contribution in [0.15, 0.2) is 48.5 Å². The van der Waals surface area contributed by atoms with E-state index in [2.05, 4.69) is 6.92 Å². The van der Waals surface area contributed by atoms with Gasteiger partial charge < -0.3 is 0 Å². The minimum absolute atomic E-state index is 0.0244. The lowest BCUT2D eigenvalue weighted by atomic mass is 10.0. The summed E-state index contributed by atoms with van der Waals surface area (Å²) in [6.45, 7) is 2.12. The van der Waals surface area contributed by atoms with Crippen LogP contribution in [0.2, 0.25) is 5.02 Å². The Hall–Kier alpha value is -1.60. The van der Waals surface area contributed by atoms with Crippen molar-refractivity contribution < 1.29 is 4.79 Å². The van der Waals surface area contributed by atoms with Crippen molar-refractivity contribution in [1.29, 1.82) is 0 Å². The number of halogens is 1. The average molecular weight is 259 g/mol. The van der Waals surface area contributed by atoms with E-state index >= 15 is 0 Å². The van der Waals surface area contributed by atoms with Crippen LogP contribution in [0.1, 0.15) is 34.8 Å². The van der Waals surface area contributed by atoms with E-state index in [0.717, 1.165) is 12.8 Å². The van der Waals surface area contributed by atoms with E-state index in [1.165, 1.54) is 5.56 Å². The zero-order chi connectivity index (χ0) is 13.0. The fourth-order valence-corrected chi connectivity index (χ4v) is 2.22. The first-order valence-electron chi connectivity index (χ1n) is 6.10. The smallest absolute Gasteiger partial charge is 0.194 e. The number of carbonyl (C=O) groups is 1. The molecule has 0 amide bonds. The van der Waals surface area contributed by atoms with Crippen LogP contribution in [0.5, 0.6) is 0 Å². The van der Waals surface area contributed by atoms with Gasteiger partial charge >= 0.3 is 0 Å². The largest absolute Gasteiger partial charge is 0.289 e. The van der Waals surface area contributed by atoms with Gasteiger partial charge in [0, 0.05) is 11.1 Å². The van der Waals surface area contributed by atoms with E-state index < -0.39 is 0 Å². The second-order valence-electron chi connectivity index (χ2n) is 4.26. The molecule has 0 N–H and O–H groups in total. The number of ketones is 1. The summed E-state index contributed by atoms with van der Waals surface area (Å²) in [4.78, 5) is 12.3. The van der Waals surface area contributed by atoms with Crippen LogP contribution in [0.25, 0.3) is 0 Å². The molecule has 2 aromatic rings. The molecule has 0 aliphatic heterocycles. The molecule has 92 valence electrons. The van der Waals surface area contributed by atoms with E-state index in [9.17, 15) is 4.79 Å². The lowest BCUT2D eigenvalue weighted by Crippen LogP contribution is -2.02. The van der Waals surface area contributed by atoms with Crippen LogP contribution in [-0.2, 0) is 6.42 Å². The molecular weight excluding hydrogens is 244 g/mol. The average Bonchev–Trinajstić information content (AvgIpc) is 2.40. The molecule has 0 unspecified atom stereocenters. The number of benzene rings is 2. The molecular formula is C16H15ClO. The van der Waals surface area contributed by atoms with E-state index in [1.807, 2.05) is 36.4 Å². The Morgan fingerprint density at radius 2 is 1.83 bits per heavy atom. The monoisotopic (exact) mass is 258 g/mol. The summed E-state index contributed by atoms with van der Waals surface area (Å²) in [5, 5.41) is 0.537. The predicted octanol–water partition coefficient (Wildman–Crippen LogP) is 4.52. The van der Waals surface area contributed by atoms with Gasteiger partial charge in [-0.3, -0.25) is 4.79 Å². The summed E-state index contributed by atoms with van der Waals surface area (Å²) in [6, 6.07) is 14.9. The van der Waals surface area contributed by atoms with Crippen molar-refractivity contribution >= 4 is 17.4 Å². The third kappa shape index (κ3) is 2.80. The maximum Gasteiger partial charge on any atom is 0.194 e. The maximum absolute atomic E-state index is 12.3. The number of hydrogen-bond acceptors (Lipinski definition) is 1. The fourth-order valence-electron chi connectivity index (χ4n) is 1.93. The number of carbonyl (C=O) groups excluding carboxylic acids is 1. The lowest BCUT2D eigenvalue weighted by molar-refractivity contribution is 0.103. The van der Waals surface area contributed by atoms with Gasteiger partial charge in [0.15, 0.2) is 5.78 Å². The maximum atomic E-state index is 12.3. The molecule has 0 heterocycles. The molecule has 0 aromatic heterocycles. The molecule has 0 bridgehead atoms. The summed E-state index contributed by atoms with van der Waals surface area (Å²) in [5.41, 5.74) is 2.41. The second-order valence-corrected chi connectivity index (χ2v) is 4.67. The van der Waals surface area contributed by atoms with Gasteiger partial charge in [0.25, 0.3) is 0 Å². The molecule has 2 rings (SSSR count). The highest BCUT2D eigenvalue weighted by Gasteiger charge is 2.12. The Kier molecular flexibility index (Phi) is 4.16. The van der Waals surface area contributed by atoms with Gasteiger partial charge in [0.1, 0.15) is 0 Å². The molecule has 0 aliphatic rings. The summed E-state index contributed by atoms with van der Waals surface area (Å²) in [7, 11) is 0. The lowest BCUT2D eigenvalue weighted by Gasteiger charge is -2.06. The van der Waals surface area contributed by atoms with Crippen molar-refractivity contribution in [1.82, 2.24) is 0 Å². The number of aryl methyl sites for hydroxylation is 1. The Bertz CT molecular complexity index is 546. The Balaban J connectivity index is 2.32. The van der Waals surface area contributed by atoms with E-state index in [-0.39, 0.29) is 5.78 Å². The van der Waals surface area contributed by atoms with E-state index in [0.29, 0.717) is 16.1 Å². The zero-order valence-electron chi connectivity index (χ0n) is 10.3. The minimum Gasteiger partial charge on any atom is -0.289 e. The van der Waals surface area contributed by atoms with Gasteiger partial charge in [-0.05, 0) is 24.1 Å². The molecule has 1 nitrogen and oxygen atoms in total. The molecule has 0 fully saturated rings. The highest BCUT2D eigenvalue weighted by atomic mass is 35.5. The number of hydrogen-bond donors (Lipinski definition) is 0. The molecule has 18 heavy (non-hydrogen) atoms. The zero-order valence-corrected chi connectivity index (χ0v) is 11.1. The van der Waals surface area contributed by atoms with Gasteiger partial charge in [-0.15, -0.1) is 0 Å². The normalized spacial score (nSPS) is 10.3. The summed E-state index contributed by atoms with van der Waals surface area (Å²) < 4.78 is 0. The molecule has 2 heteroatoms. The van der Waals surface area contributed by atoms with Crippen LogP contribution in [0, 0.1) is 0 Å². The Morgan fingerprint density at radius 1 is 1.11 bits per heavy atom. The van der Waals surface area contributed by atoms with Crippen molar-refractivity contribution in [2.24, 2.45) is 0 Å². The SMILES string of the molecule is CCCc1ccc(C(=O)c2ccccc2)c(Cl)c1. The van der Waals surface area contributed by atoms with Crippen molar-refractivity contribution in [2.45, 2.75) is 19.8 Å². The van der Waals surface area contributed by atoms with Gasteiger partial charge in [-0.25, -0.2) is 0 Å². The van der Waals surface area contributed by atoms with Gasteiger partial charge in [-0.2, -0.15) is 0 Å². The van der Waals surface area contributed by atoms with Crippen molar-refractivity contribution in [3.63, 3.8) is 0 Å². The molecule has 2 aromatic carbocycles. The minimum atomic E-state index is -0.0244. The summed E-state index contributed by atoms with van der Waals surface area (Å²) in [5.74, 6) is -0.0244. The van der Waals surface area contributed by atoms with E-state index in [4.69, 9.17) is 11.6 Å². The molecule has 0 saturated carbocycles. The van der Waals surface area contributed by atoms with E-state index in [1.54, 1.807) is 12.1 Å². The van der Waals surface area contributed by atoms with Crippen molar-refractivity contribution in [2.75, 3.05) is 0 Å². The third-order valence-electron chi connectivity index (χ3n) is 2.85. The van der Waals surface area contributed by atoms with Gasteiger partial charge in [0.2, 0.25) is 0 Å². The first-order valence-corrected chi connectivity index (χ1v) is 6.48. The molecule has 0 aliphatic carbocycles. The van der Waals surface area contributed by atoms with Crippen LogP contribution in [0.4, 0.5) is 0 Å². The fraction of sp³-hybridized carbons (Fsp3) is 0.188. The first kappa shape index (κ1) is 12.8. The van der Waals surface area contributed by atoms with Crippen LogP contribution in [0.3, 0.4) is 0 Å². The predicted molar refractivity (Wildman–Crippen MR) is 75.3 cm³/mol. The standard InChI is InChI=1S/C16H15ClO/c1-2-6-12-9-10-14(15(17)11-12)16(18)13-7-4-3-5-8-13/h3-5,7-11H,2,6H2,1H3. The number of rotatable bonds is 4. The van der Waals surface area contributed by atoms with Crippen molar-refractivity contribution in [3.8, 4) is 0 Å². The molecule has 0 atom stereocenters. The molecule has 0 spiro atoms. The Morgan fingerprint density at radius 3 is 2.44 bits per heavy atom. The van der Waals surface area contributed by atoms with Gasteiger partial charge in [-0.1, -0.05) is 61.3 Å².